The summed E-state index contributed by atoms with van der Waals surface area (Å²) in [5.41, 5.74) is 6.96. The van der Waals surface area contributed by atoms with E-state index in [2.05, 4.69) is 26.5 Å². The van der Waals surface area contributed by atoms with E-state index in [0.29, 0.717) is 5.69 Å². The van der Waals surface area contributed by atoms with E-state index in [0.717, 1.165) is 12.2 Å². The molecular formula is C12H14N4OS. The van der Waals surface area contributed by atoms with Gasteiger partial charge in [0.25, 0.3) is 0 Å². The van der Waals surface area contributed by atoms with Gasteiger partial charge in [-0.3, -0.25) is 4.98 Å². The monoisotopic (exact) mass is 262 g/mol. The smallest absolute Gasteiger partial charge is 0.188 e. The van der Waals surface area contributed by atoms with Crippen LogP contribution in [0.25, 0.3) is 0 Å². The van der Waals surface area contributed by atoms with E-state index < -0.39 is 0 Å². The van der Waals surface area contributed by atoms with Crippen molar-refractivity contribution >= 4 is 22.9 Å². The predicted molar refractivity (Wildman–Crippen MR) is 73.2 cm³/mol. The molecule has 0 aliphatic heterocycles. The van der Waals surface area contributed by atoms with Crippen LogP contribution in [0.3, 0.4) is 0 Å². The topological polar surface area (TPSA) is 74.7 Å². The SMILES string of the molecule is CN(Cc1cccs1)c1ccnc(C(N)=NO)c1. The first-order valence-electron chi connectivity index (χ1n) is 5.38. The van der Waals surface area contributed by atoms with Crippen LogP contribution in [0, 0.1) is 0 Å². The average Bonchev–Trinajstić information content (AvgIpc) is 2.90. The van der Waals surface area contributed by atoms with Gasteiger partial charge >= 0.3 is 0 Å². The van der Waals surface area contributed by atoms with Gasteiger partial charge < -0.3 is 15.8 Å². The van der Waals surface area contributed by atoms with E-state index >= 15 is 0 Å². The van der Waals surface area contributed by atoms with Gasteiger partial charge in [0.05, 0.1) is 6.54 Å². The quantitative estimate of drug-likeness (QED) is 0.382. The zero-order valence-electron chi connectivity index (χ0n) is 9.95. The zero-order chi connectivity index (χ0) is 13.0. The van der Waals surface area contributed by atoms with E-state index in [1.54, 1.807) is 23.6 Å². The Hall–Kier alpha value is -2.08. The number of hydrogen-bond acceptors (Lipinski definition) is 5. The van der Waals surface area contributed by atoms with E-state index in [4.69, 9.17) is 10.9 Å². The highest BCUT2D eigenvalue weighted by molar-refractivity contribution is 7.09. The minimum Gasteiger partial charge on any atom is -0.409 e. The molecule has 18 heavy (non-hydrogen) atoms. The fourth-order valence-electron chi connectivity index (χ4n) is 1.58. The molecule has 0 aliphatic carbocycles. The molecule has 0 bridgehead atoms. The molecule has 2 rings (SSSR count). The molecule has 0 radical (unpaired) electrons. The predicted octanol–water partition coefficient (Wildman–Crippen LogP) is 1.87. The number of thiophene rings is 1. The third-order valence-electron chi connectivity index (χ3n) is 2.53. The van der Waals surface area contributed by atoms with Crippen LogP contribution < -0.4 is 10.6 Å². The standard InChI is InChI=1S/C12H14N4OS/c1-16(8-10-3-2-6-18-10)9-4-5-14-11(7-9)12(13)15-17/h2-7,17H,8H2,1H3,(H2,13,15). The Labute approximate surface area is 109 Å². The first-order valence-corrected chi connectivity index (χ1v) is 6.26. The van der Waals surface area contributed by atoms with Gasteiger partial charge in [0.2, 0.25) is 0 Å². The lowest BCUT2D eigenvalue weighted by Crippen LogP contribution is -2.19. The van der Waals surface area contributed by atoms with Gasteiger partial charge in [0.1, 0.15) is 5.69 Å². The molecule has 5 nitrogen and oxygen atoms in total. The summed E-state index contributed by atoms with van der Waals surface area (Å²) >= 11 is 1.72. The van der Waals surface area contributed by atoms with Gasteiger partial charge in [-0.15, -0.1) is 11.3 Å². The Balaban J connectivity index is 2.17. The van der Waals surface area contributed by atoms with Crippen molar-refractivity contribution in [3.8, 4) is 0 Å². The van der Waals surface area contributed by atoms with Crippen molar-refractivity contribution in [2.45, 2.75) is 6.54 Å². The average molecular weight is 262 g/mol. The van der Waals surface area contributed by atoms with Gasteiger partial charge in [0.15, 0.2) is 5.84 Å². The van der Waals surface area contributed by atoms with Crippen LogP contribution in [0.15, 0.2) is 41.0 Å². The van der Waals surface area contributed by atoms with Crippen molar-refractivity contribution in [1.29, 1.82) is 0 Å². The minimum absolute atomic E-state index is 0.0152. The number of anilines is 1. The van der Waals surface area contributed by atoms with E-state index in [1.807, 2.05) is 19.2 Å². The number of aromatic nitrogens is 1. The number of oxime groups is 1. The molecule has 2 heterocycles. The van der Waals surface area contributed by atoms with Crippen LogP contribution in [-0.2, 0) is 6.54 Å². The molecule has 0 unspecified atom stereocenters. The number of nitrogens with zero attached hydrogens (tertiary/aromatic N) is 3. The van der Waals surface area contributed by atoms with Gasteiger partial charge in [0, 0.05) is 23.8 Å². The number of rotatable bonds is 4. The first kappa shape index (κ1) is 12.4. The number of pyridine rings is 1. The molecule has 0 fully saturated rings. The van der Waals surface area contributed by atoms with Crippen LogP contribution >= 0.6 is 11.3 Å². The molecule has 94 valence electrons. The molecule has 0 aliphatic rings. The normalized spacial score (nSPS) is 11.5. The highest BCUT2D eigenvalue weighted by Crippen LogP contribution is 2.18. The molecule has 2 aromatic rings. The van der Waals surface area contributed by atoms with Crippen LogP contribution in [-0.4, -0.2) is 23.1 Å². The molecule has 2 aromatic heterocycles. The summed E-state index contributed by atoms with van der Waals surface area (Å²) in [5.74, 6) is 0.0152. The summed E-state index contributed by atoms with van der Waals surface area (Å²) in [7, 11) is 1.99. The fraction of sp³-hybridized carbons (Fsp3) is 0.167. The van der Waals surface area contributed by atoms with Crippen molar-refractivity contribution in [2.24, 2.45) is 10.9 Å². The molecule has 0 saturated carbocycles. The third kappa shape index (κ3) is 2.78. The summed E-state index contributed by atoms with van der Waals surface area (Å²) in [6, 6.07) is 7.81. The molecule has 0 atom stereocenters. The van der Waals surface area contributed by atoms with Gasteiger partial charge in [-0.2, -0.15) is 0 Å². The second-order valence-electron chi connectivity index (χ2n) is 3.82. The van der Waals surface area contributed by atoms with Crippen LogP contribution in [0.4, 0.5) is 5.69 Å². The van der Waals surface area contributed by atoms with Crippen molar-refractivity contribution in [1.82, 2.24) is 4.98 Å². The molecule has 0 amide bonds. The lowest BCUT2D eigenvalue weighted by molar-refractivity contribution is 0.318. The van der Waals surface area contributed by atoms with Crippen molar-refractivity contribution in [3.63, 3.8) is 0 Å². The molecule has 3 N–H and O–H groups in total. The summed E-state index contributed by atoms with van der Waals surface area (Å²) in [4.78, 5) is 7.41. The van der Waals surface area contributed by atoms with Crippen LogP contribution in [0.1, 0.15) is 10.6 Å². The summed E-state index contributed by atoms with van der Waals surface area (Å²) in [6.07, 6.45) is 1.65. The van der Waals surface area contributed by atoms with Crippen LogP contribution in [0.5, 0.6) is 0 Å². The van der Waals surface area contributed by atoms with E-state index in [9.17, 15) is 0 Å². The van der Waals surface area contributed by atoms with Gasteiger partial charge in [-0.05, 0) is 23.6 Å². The molecule has 0 aromatic carbocycles. The van der Waals surface area contributed by atoms with Crippen molar-refractivity contribution in [3.05, 3.63) is 46.4 Å². The van der Waals surface area contributed by atoms with Crippen molar-refractivity contribution < 1.29 is 5.21 Å². The van der Waals surface area contributed by atoms with E-state index in [-0.39, 0.29) is 5.84 Å². The maximum absolute atomic E-state index is 8.64. The Kier molecular flexibility index (Phi) is 3.78. The summed E-state index contributed by atoms with van der Waals surface area (Å²) in [5, 5.41) is 13.6. The lowest BCUT2D eigenvalue weighted by Gasteiger charge is -2.18. The Morgan fingerprint density at radius 1 is 1.56 bits per heavy atom. The maximum atomic E-state index is 8.64. The molecule has 0 spiro atoms. The largest absolute Gasteiger partial charge is 0.409 e. The highest BCUT2D eigenvalue weighted by Gasteiger charge is 2.06. The molecule has 0 saturated heterocycles. The summed E-state index contributed by atoms with van der Waals surface area (Å²) < 4.78 is 0. The number of nitrogens with two attached hydrogens (primary N) is 1. The number of amidine groups is 1. The van der Waals surface area contributed by atoms with Crippen LogP contribution in [0.2, 0.25) is 0 Å². The van der Waals surface area contributed by atoms with Gasteiger partial charge in [-0.1, -0.05) is 11.2 Å². The summed E-state index contributed by atoms with van der Waals surface area (Å²) in [6.45, 7) is 0.817. The molecular weight excluding hydrogens is 248 g/mol. The van der Waals surface area contributed by atoms with Crippen molar-refractivity contribution in [2.75, 3.05) is 11.9 Å². The first-order chi connectivity index (χ1) is 8.70. The number of hydrogen-bond donors (Lipinski definition) is 2. The maximum Gasteiger partial charge on any atom is 0.188 e. The zero-order valence-corrected chi connectivity index (χ0v) is 10.8. The lowest BCUT2D eigenvalue weighted by atomic mass is 10.2. The second-order valence-corrected chi connectivity index (χ2v) is 4.85. The Morgan fingerprint density at radius 3 is 3.06 bits per heavy atom. The molecule has 6 heteroatoms. The minimum atomic E-state index is 0.0152. The third-order valence-corrected chi connectivity index (χ3v) is 3.39. The second kappa shape index (κ2) is 5.50. The van der Waals surface area contributed by atoms with Gasteiger partial charge in [-0.25, -0.2) is 0 Å². The fourth-order valence-corrected chi connectivity index (χ4v) is 2.33. The highest BCUT2D eigenvalue weighted by atomic mass is 32.1. The Morgan fingerprint density at radius 2 is 2.39 bits per heavy atom. The Bertz CT molecular complexity index is 539. The van der Waals surface area contributed by atoms with E-state index in [1.165, 1.54) is 4.88 Å².